The molecule has 2 rings (SSSR count). The zero-order valence-electron chi connectivity index (χ0n) is 13.0. The highest BCUT2D eigenvalue weighted by Crippen LogP contribution is 2.40. The maximum Gasteiger partial charge on any atom is 0.258 e. The molecule has 2 aliphatic carbocycles. The molecule has 0 aromatic rings. The van der Waals surface area contributed by atoms with Gasteiger partial charge in [-0.05, 0) is 51.2 Å². The van der Waals surface area contributed by atoms with E-state index in [2.05, 4.69) is 5.32 Å². The number of halogens is 1. The molecule has 0 spiro atoms. The molecular weight excluding hydrogens is 289 g/mol. The van der Waals surface area contributed by atoms with Crippen LogP contribution in [-0.4, -0.2) is 34.4 Å². The lowest BCUT2D eigenvalue weighted by Gasteiger charge is -2.33. The summed E-state index contributed by atoms with van der Waals surface area (Å²) in [4.78, 5) is 23.1. The number of hydrogen-bond donors (Lipinski definition) is 1. The van der Waals surface area contributed by atoms with E-state index in [9.17, 15) is 14.0 Å². The van der Waals surface area contributed by atoms with Crippen LogP contribution in [-0.2, 0) is 9.59 Å². The van der Waals surface area contributed by atoms with Crippen LogP contribution in [0.15, 0.2) is 0 Å². The van der Waals surface area contributed by atoms with Crippen molar-refractivity contribution in [3.8, 4) is 0 Å². The molecule has 0 saturated heterocycles. The third-order valence-corrected chi connectivity index (χ3v) is 6.32. The molecule has 1 unspecified atom stereocenters. The summed E-state index contributed by atoms with van der Waals surface area (Å²) in [7, 11) is 0. The summed E-state index contributed by atoms with van der Waals surface area (Å²) in [6, 6.07) is -0.633. The number of aldehydes is 1. The molecule has 0 radical (unpaired) electrons. The second-order valence-corrected chi connectivity index (χ2v) is 8.65. The molecule has 2 aliphatic rings. The number of rotatable bonds is 7. The van der Waals surface area contributed by atoms with Crippen LogP contribution in [0, 0.1) is 5.92 Å². The minimum absolute atomic E-state index is 0.278. The molecule has 2 fully saturated rings. The van der Waals surface area contributed by atoms with Gasteiger partial charge in [0.1, 0.15) is 6.29 Å². The van der Waals surface area contributed by atoms with E-state index in [4.69, 9.17) is 0 Å². The van der Waals surface area contributed by atoms with Gasteiger partial charge in [0.25, 0.3) is 5.91 Å². The van der Waals surface area contributed by atoms with Crippen molar-refractivity contribution in [3.63, 3.8) is 0 Å². The van der Waals surface area contributed by atoms with Gasteiger partial charge in [0.2, 0.25) is 0 Å². The van der Waals surface area contributed by atoms with Gasteiger partial charge in [-0.1, -0.05) is 19.3 Å². The minimum atomic E-state index is -1.72. The minimum Gasteiger partial charge on any atom is -0.342 e. The molecule has 2 saturated carbocycles. The van der Waals surface area contributed by atoms with Crippen LogP contribution < -0.4 is 5.32 Å². The van der Waals surface area contributed by atoms with Crippen LogP contribution in [0.25, 0.3) is 0 Å². The summed E-state index contributed by atoms with van der Waals surface area (Å²) in [6.07, 6.45) is 7.74. The Hall–Kier alpha value is -0.580. The average Bonchev–Trinajstić information content (AvgIpc) is 3.22. The van der Waals surface area contributed by atoms with Crippen LogP contribution in [0.2, 0.25) is 0 Å². The summed E-state index contributed by atoms with van der Waals surface area (Å²) >= 11 is 1.72. The molecule has 0 aromatic heterocycles. The van der Waals surface area contributed by atoms with Crippen LogP contribution >= 0.6 is 11.8 Å². The lowest BCUT2D eigenvalue weighted by molar-refractivity contribution is -0.130. The van der Waals surface area contributed by atoms with Gasteiger partial charge in [0.05, 0.1) is 6.04 Å². The topological polar surface area (TPSA) is 46.2 Å². The van der Waals surface area contributed by atoms with Crippen LogP contribution in [0.4, 0.5) is 4.39 Å². The smallest absolute Gasteiger partial charge is 0.258 e. The Kier molecular flexibility index (Phi) is 5.33. The Bertz CT molecular complexity index is 390. The number of nitrogens with one attached hydrogen (secondary N) is 1. The second-order valence-electron chi connectivity index (χ2n) is 6.97. The summed E-state index contributed by atoms with van der Waals surface area (Å²) < 4.78 is 13.3. The fraction of sp³-hybridized carbons (Fsp3) is 0.875. The number of carbonyl (C=O) groups excluding carboxylic acids is 2. The molecule has 120 valence electrons. The number of hydrogen-bond acceptors (Lipinski definition) is 3. The van der Waals surface area contributed by atoms with Gasteiger partial charge in [-0.15, -0.1) is 0 Å². The van der Waals surface area contributed by atoms with E-state index in [-0.39, 0.29) is 12.8 Å². The zero-order valence-corrected chi connectivity index (χ0v) is 13.8. The summed E-state index contributed by atoms with van der Waals surface area (Å²) in [6.45, 7) is 3.91. The molecule has 0 aromatic carbocycles. The van der Waals surface area contributed by atoms with E-state index in [1.807, 2.05) is 13.8 Å². The van der Waals surface area contributed by atoms with Gasteiger partial charge in [-0.3, -0.25) is 4.79 Å². The lowest BCUT2D eigenvalue weighted by Crippen LogP contribution is -2.51. The first kappa shape index (κ1) is 16.8. The number of amides is 1. The first-order valence-corrected chi connectivity index (χ1v) is 8.95. The molecule has 21 heavy (non-hydrogen) atoms. The van der Waals surface area contributed by atoms with Crippen molar-refractivity contribution in [2.45, 2.75) is 75.3 Å². The van der Waals surface area contributed by atoms with Crippen LogP contribution in [0.1, 0.15) is 58.8 Å². The average molecular weight is 315 g/mol. The fourth-order valence-corrected chi connectivity index (χ4v) is 4.05. The highest BCUT2D eigenvalue weighted by Gasteiger charge is 2.52. The van der Waals surface area contributed by atoms with Gasteiger partial charge in [-0.2, -0.15) is 11.8 Å². The Balaban J connectivity index is 1.85. The Morgan fingerprint density at radius 3 is 2.52 bits per heavy atom. The fourth-order valence-electron chi connectivity index (χ4n) is 2.76. The van der Waals surface area contributed by atoms with E-state index in [0.717, 1.165) is 12.0 Å². The Morgan fingerprint density at radius 1 is 1.38 bits per heavy atom. The molecule has 1 amide bonds. The van der Waals surface area contributed by atoms with E-state index in [1.54, 1.807) is 11.8 Å². The quantitative estimate of drug-likeness (QED) is 0.734. The van der Waals surface area contributed by atoms with Crippen molar-refractivity contribution in [1.82, 2.24) is 5.32 Å². The molecule has 0 bridgehead atoms. The lowest BCUT2D eigenvalue weighted by atomic mass is 9.91. The van der Waals surface area contributed by atoms with Crippen LogP contribution in [0.3, 0.4) is 0 Å². The largest absolute Gasteiger partial charge is 0.342 e. The predicted octanol–water partition coefficient (Wildman–Crippen LogP) is 3.26. The number of carbonyl (C=O) groups is 2. The Labute approximate surface area is 130 Å². The molecule has 0 heterocycles. The van der Waals surface area contributed by atoms with Crippen molar-refractivity contribution in [2.24, 2.45) is 5.92 Å². The van der Waals surface area contributed by atoms with Crippen molar-refractivity contribution >= 4 is 24.0 Å². The third kappa shape index (κ3) is 4.44. The van der Waals surface area contributed by atoms with E-state index in [1.165, 1.54) is 32.1 Å². The summed E-state index contributed by atoms with van der Waals surface area (Å²) in [5.41, 5.74) is -1.72. The van der Waals surface area contributed by atoms with Gasteiger partial charge < -0.3 is 10.1 Å². The first-order valence-electron chi connectivity index (χ1n) is 7.96. The van der Waals surface area contributed by atoms with E-state index in [0.29, 0.717) is 5.92 Å². The summed E-state index contributed by atoms with van der Waals surface area (Å²) in [5, 5.41) is 2.59. The van der Waals surface area contributed by atoms with Crippen molar-refractivity contribution in [2.75, 3.05) is 5.75 Å². The third-order valence-electron chi connectivity index (χ3n) is 4.68. The summed E-state index contributed by atoms with van der Waals surface area (Å²) in [5.74, 6) is 1.10. The van der Waals surface area contributed by atoms with Gasteiger partial charge in [-0.25, -0.2) is 4.39 Å². The first-order chi connectivity index (χ1) is 9.87. The van der Waals surface area contributed by atoms with Crippen LogP contribution in [0.5, 0.6) is 0 Å². The predicted molar refractivity (Wildman–Crippen MR) is 84.2 cm³/mol. The molecular formula is C16H26FNO2S. The number of alkyl halides is 1. The second kappa shape index (κ2) is 6.67. The molecule has 1 N–H and O–H groups in total. The van der Waals surface area contributed by atoms with E-state index >= 15 is 0 Å². The molecule has 3 nitrogen and oxygen atoms in total. The monoisotopic (exact) mass is 315 g/mol. The standard InChI is InChI=1S/C16H26FNO2S/c1-15(2,21-11-12-6-4-3-5-7-12)13(10-19)18-14(20)16(17)8-9-16/h10,12-13H,3-9,11H2,1-2H3,(H,18,20). The maximum absolute atomic E-state index is 13.7. The SMILES string of the molecule is CC(C)(SCC1CCCCC1)C(C=O)NC(=O)C1(F)CC1. The van der Waals surface area contributed by atoms with Gasteiger partial charge in [0, 0.05) is 4.75 Å². The molecule has 5 heteroatoms. The van der Waals surface area contributed by atoms with Gasteiger partial charge >= 0.3 is 0 Å². The number of thioether (sulfide) groups is 1. The highest BCUT2D eigenvalue weighted by atomic mass is 32.2. The molecule has 0 aliphatic heterocycles. The maximum atomic E-state index is 13.7. The van der Waals surface area contributed by atoms with E-state index < -0.39 is 22.4 Å². The van der Waals surface area contributed by atoms with Crippen molar-refractivity contribution in [3.05, 3.63) is 0 Å². The zero-order chi connectivity index (χ0) is 15.5. The Morgan fingerprint density at radius 2 is 2.00 bits per heavy atom. The molecule has 1 atom stereocenters. The normalized spacial score (nSPS) is 23.4. The van der Waals surface area contributed by atoms with Crippen molar-refractivity contribution < 1.29 is 14.0 Å². The highest BCUT2D eigenvalue weighted by molar-refractivity contribution is 8.00. The van der Waals surface area contributed by atoms with Gasteiger partial charge in [0.15, 0.2) is 5.67 Å². The van der Waals surface area contributed by atoms with Crippen molar-refractivity contribution in [1.29, 1.82) is 0 Å².